The number of aromatic nitrogens is 4. The van der Waals surface area contributed by atoms with Gasteiger partial charge in [-0.05, 0) is 59.7 Å². The van der Waals surface area contributed by atoms with E-state index in [2.05, 4.69) is 126 Å². The summed E-state index contributed by atoms with van der Waals surface area (Å²) in [5, 5.41) is 7.13. The number of hydrogen-bond donors (Lipinski definition) is 0. The van der Waals surface area contributed by atoms with Crippen LogP contribution in [0.1, 0.15) is 0 Å². The van der Waals surface area contributed by atoms with Crippen LogP contribution in [0.25, 0.3) is 115 Å². The van der Waals surface area contributed by atoms with E-state index in [1.807, 2.05) is 60.7 Å². The van der Waals surface area contributed by atoms with Crippen LogP contribution in [0.4, 0.5) is 0 Å². The first kappa shape index (κ1) is 31.9. The van der Waals surface area contributed by atoms with Crippen molar-refractivity contribution >= 4 is 75.3 Å². The molecule has 0 aliphatic rings. The second-order valence-corrected chi connectivity index (χ2v) is 15.4. The van der Waals surface area contributed by atoms with Crippen molar-refractivity contribution in [3.63, 3.8) is 0 Å². The van der Waals surface area contributed by atoms with Gasteiger partial charge in [-0.15, -0.1) is 11.3 Å². The maximum Gasteiger partial charge on any atom is 0.164 e. The SMILES string of the molecule is c1ccc(-c2nc(-c3ccccc3)nc(-c3ccc4c(c3)sc3cccc(-c5ccc6c(c5)oc5cccc(-n7c8ccccc8c8ccccc87)c56)c34)n2)cc1. The molecule has 0 aliphatic heterocycles. The molecule has 12 aromatic rings. The predicted molar refractivity (Wildman–Crippen MR) is 236 cm³/mol. The Balaban J connectivity index is 0.990. The van der Waals surface area contributed by atoms with E-state index in [1.165, 1.54) is 47.5 Å². The van der Waals surface area contributed by atoms with Crippen LogP contribution in [0.15, 0.2) is 186 Å². The summed E-state index contributed by atoms with van der Waals surface area (Å²) in [4.78, 5) is 14.9. The summed E-state index contributed by atoms with van der Waals surface area (Å²) in [6.45, 7) is 0. The Morgan fingerprint density at radius 1 is 0.386 bits per heavy atom. The maximum absolute atomic E-state index is 6.68. The van der Waals surface area contributed by atoms with Crippen LogP contribution in [-0.2, 0) is 0 Å². The molecule has 0 saturated carbocycles. The molecule has 4 heterocycles. The number of para-hydroxylation sites is 2. The van der Waals surface area contributed by atoms with E-state index in [0.29, 0.717) is 17.5 Å². The summed E-state index contributed by atoms with van der Waals surface area (Å²) in [6, 6.07) is 63.7. The van der Waals surface area contributed by atoms with Gasteiger partial charge in [0.1, 0.15) is 11.2 Å². The molecule has 0 saturated heterocycles. The zero-order chi connectivity index (χ0) is 37.5. The van der Waals surface area contributed by atoms with Crippen molar-refractivity contribution in [3.05, 3.63) is 182 Å². The van der Waals surface area contributed by atoms with Crippen LogP contribution in [0.2, 0.25) is 0 Å². The Morgan fingerprint density at radius 2 is 0.982 bits per heavy atom. The lowest BCUT2D eigenvalue weighted by molar-refractivity contribution is 0.669. The molecule has 0 atom stereocenters. The Morgan fingerprint density at radius 3 is 1.68 bits per heavy atom. The minimum absolute atomic E-state index is 0.651. The first-order chi connectivity index (χ1) is 28.2. The zero-order valence-corrected chi connectivity index (χ0v) is 31.2. The molecule has 0 aliphatic carbocycles. The third kappa shape index (κ3) is 5.04. The summed E-state index contributed by atoms with van der Waals surface area (Å²) < 4.78 is 11.5. The van der Waals surface area contributed by atoms with Crippen molar-refractivity contribution in [1.29, 1.82) is 0 Å². The van der Waals surface area contributed by atoms with Gasteiger partial charge in [-0.1, -0.05) is 133 Å². The van der Waals surface area contributed by atoms with E-state index < -0.39 is 0 Å². The minimum atomic E-state index is 0.651. The molecule has 0 N–H and O–H groups in total. The standard InChI is InChI=1S/C51H30N4OS/c1-3-13-31(14-4-1)49-52-50(32-15-5-2-6-16-32)54-51(53-49)34-26-28-39-46(30-34)57-45-24-11-19-35(47(39)45)33-25-27-38-44(29-33)56-43-23-12-22-42(48(38)43)55-40-20-9-7-17-36(40)37-18-8-10-21-41(37)55/h1-30H. The molecular weight excluding hydrogens is 717 g/mol. The summed E-state index contributed by atoms with van der Waals surface area (Å²) >= 11 is 1.79. The summed E-state index contributed by atoms with van der Waals surface area (Å²) in [5.41, 5.74) is 10.4. The Labute approximate surface area is 330 Å². The number of rotatable bonds is 5. The second-order valence-electron chi connectivity index (χ2n) is 14.4. The largest absolute Gasteiger partial charge is 0.456 e. The Kier molecular flexibility index (Phi) is 7.03. The van der Waals surface area contributed by atoms with Crippen LogP contribution in [0.3, 0.4) is 0 Å². The smallest absolute Gasteiger partial charge is 0.164 e. The Bertz CT molecular complexity index is 3420. The van der Waals surface area contributed by atoms with Gasteiger partial charge in [0.25, 0.3) is 0 Å². The fourth-order valence-electron chi connectivity index (χ4n) is 8.49. The number of furan rings is 1. The van der Waals surface area contributed by atoms with Crippen molar-refractivity contribution in [1.82, 2.24) is 19.5 Å². The predicted octanol–water partition coefficient (Wildman–Crippen LogP) is 13.9. The fraction of sp³-hybridized carbons (Fsp3) is 0. The number of nitrogens with zero attached hydrogens (tertiary/aromatic N) is 4. The molecule has 0 radical (unpaired) electrons. The van der Waals surface area contributed by atoms with E-state index >= 15 is 0 Å². The number of hydrogen-bond acceptors (Lipinski definition) is 5. The molecule has 0 amide bonds. The molecule has 0 fully saturated rings. The monoisotopic (exact) mass is 746 g/mol. The van der Waals surface area contributed by atoms with E-state index in [9.17, 15) is 0 Å². The third-order valence-electron chi connectivity index (χ3n) is 11.1. The normalized spacial score (nSPS) is 11.9. The lowest BCUT2D eigenvalue weighted by Crippen LogP contribution is -1.99. The van der Waals surface area contributed by atoms with Gasteiger partial charge >= 0.3 is 0 Å². The topological polar surface area (TPSA) is 56.7 Å². The highest BCUT2D eigenvalue weighted by Gasteiger charge is 2.20. The summed E-state index contributed by atoms with van der Waals surface area (Å²) in [5.74, 6) is 1.96. The van der Waals surface area contributed by atoms with Gasteiger partial charge in [-0.25, -0.2) is 15.0 Å². The lowest BCUT2D eigenvalue weighted by atomic mass is 9.98. The first-order valence-corrected chi connectivity index (χ1v) is 19.8. The fourth-order valence-corrected chi connectivity index (χ4v) is 9.66. The number of fused-ring (bicyclic) bond motifs is 9. The molecule has 12 rings (SSSR count). The first-order valence-electron chi connectivity index (χ1n) is 19.0. The highest BCUT2D eigenvalue weighted by atomic mass is 32.1. The van der Waals surface area contributed by atoms with Crippen molar-refractivity contribution in [2.45, 2.75) is 0 Å². The molecule has 0 unspecified atom stereocenters. The molecule has 6 heteroatoms. The van der Waals surface area contributed by atoms with E-state index in [4.69, 9.17) is 19.4 Å². The molecule has 266 valence electrons. The van der Waals surface area contributed by atoms with Gasteiger partial charge in [-0.3, -0.25) is 0 Å². The Hall–Kier alpha value is -7.41. The van der Waals surface area contributed by atoms with E-state index in [-0.39, 0.29) is 0 Å². The quantitative estimate of drug-likeness (QED) is 0.176. The van der Waals surface area contributed by atoms with Crippen LogP contribution in [0, 0.1) is 0 Å². The third-order valence-corrected chi connectivity index (χ3v) is 12.2. The second kappa shape index (κ2) is 12.6. The number of thiophene rings is 1. The van der Waals surface area contributed by atoms with Gasteiger partial charge in [-0.2, -0.15) is 0 Å². The molecule has 0 bridgehead atoms. The van der Waals surface area contributed by atoms with Gasteiger partial charge < -0.3 is 8.98 Å². The molecule has 8 aromatic carbocycles. The van der Waals surface area contributed by atoms with Crippen molar-refractivity contribution in [3.8, 4) is 51.0 Å². The van der Waals surface area contributed by atoms with Crippen molar-refractivity contribution < 1.29 is 4.42 Å². The van der Waals surface area contributed by atoms with E-state index in [0.717, 1.165) is 49.9 Å². The van der Waals surface area contributed by atoms with Crippen molar-refractivity contribution in [2.24, 2.45) is 0 Å². The number of benzene rings is 8. The highest BCUT2D eigenvalue weighted by Crippen LogP contribution is 2.44. The molecule has 5 nitrogen and oxygen atoms in total. The van der Waals surface area contributed by atoms with Crippen LogP contribution < -0.4 is 0 Å². The average molecular weight is 747 g/mol. The van der Waals surface area contributed by atoms with Crippen molar-refractivity contribution in [2.75, 3.05) is 0 Å². The van der Waals surface area contributed by atoms with Gasteiger partial charge in [0.15, 0.2) is 17.5 Å². The summed E-state index contributed by atoms with van der Waals surface area (Å²) in [7, 11) is 0. The molecule has 57 heavy (non-hydrogen) atoms. The average Bonchev–Trinajstić information content (AvgIpc) is 3.96. The van der Waals surface area contributed by atoms with Gasteiger partial charge in [0.2, 0.25) is 0 Å². The van der Waals surface area contributed by atoms with Crippen LogP contribution in [0.5, 0.6) is 0 Å². The van der Waals surface area contributed by atoms with E-state index in [1.54, 1.807) is 11.3 Å². The summed E-state index contributed by atoms with van der Waals surface area (Å²) in [6.07, 6.45) is 0. The molecule has 4 aromatic heterocycles. The van der Waals surface area contributed by atoms with Gasteiger partial charge in [0.05, 0.1) is 22.1 Å². The van der Waals surface area contributed by atoms with Crippen LogP contribution >= 0.6 is 11.3 Å². The van der Waals surface area contributed by atoms with Crippen LogP contribution in [-0.4, -0.2) is 19.5 Å². The maximum atomic E-state index is 6.68. The molecule has 0 spiro atoms. The van der Waals surface area contributed by atoms with Gasteiger partial charge in [0, 0.05) is 53.0 Å². The highest BCUT2D eigenvalue weighted by molar-refractivity contribution is 7.26. The molecular formula is C51H30N4OS. The minimum Gasteiger partial charge on any atom is -0.456 e. The zero-order valence-electron chi connectivity index (χ0n) is 30.4. The lowest BCUT2D eigenvalue weighted by Gasteiger charge is -2.10.